The fourth-order valence-electron chi connectivity index (χ4n) is 2.95. The number of carboxylic acids is 1. The number of likely N-dealkylation sites (tertiary alicyclic amines) is 1. The number of carbonyl (C=O) groups is 1. The van der Waals surface area contributed by atoms with Crippen LogP contribution in [0.3, 0.4) is 0 Å². The van der Waals surface area contributed by atoms with Crippen molar-refractivity contribution in [2.24, 2.45) is 0 Å². The highest BCUT2D eigenvalue weighted by Crippen LogP contribution is 2.40. The van der Waals surface area contributed by atoms with Crippen molar-refractivity contribution >= 4 is 28.9 Å². The van der Waals surface area contributed by atoms with Gasteiger partial charge in [0.05, 0.1) is 12.1 Å². The van der Waals surface area contributed by atoms with Crippen molar-refractivity contribution in [3.8, 4) is 22.1 Å². The number of ether oxygens (including phenoxy) is 2. The van der Waals surface area contributed by atoms with E-state index in [4.69, 9.17) is 26.2 Å². The number of benzene rings is 1. The van der Waals surface area contributed by atoms with E-state index in [2.05, 4.69) is 9.88 Å². The highest BCUT2D eigenvalue weighted by Gasteiger charge is 2.17. The summed E-state index contributed by atoms with van der Waals surface area (Å²) >= 11 is 7.64. The first-order chi connectivity index (χ1) is 12.6. The van der Waals surface area contributed by atoms with Crippen molar-refractivity contribution in [1.82, 2.24) is 9.88 Å². The van der Waals surface area contributed by atoms with Gasteiger partial charge >= 0.3 is 5.97 Å². The average Bonchev–Trinajstić information content (AvgIpc) is 3.14. The molecular weight excluding hydrogens is 376 g/mol. The summed E-state index contributed by atoms with van der Waals surface area (Å²) in [4.78, 5) is 17.5. The van der Waals surface area contributed by atoms with Gasteiger partial charge in [0.25, 0.3) is 0 Å². The minimum absolute atomic E-state index is 0.0157. The number of halogens is 1. The van der Waals surface area contributed by atoms with Gasteiger partial charge in [0, 0.05) is 17.5 Å². The topological polar surface area (TPSA) is 71.9 Å². The molecule has 3 rings (SSSR count). The molecule has 0 unspecified atom stereocenters. The Bertz CT molecular complexity index is 775. The Kier molecular flexibility index (Phi) is 6.34. The van der Waals surface area contributed by atoms with E-state index < -0.39 is 5.97 Å². The van der Waals surface area contributed by atoms with Crippen molar-refractivity contribution in [2.45, 2.75) is 19.3 Å². The normalized spacial score (nSPS) is 15.0. The van der Waals surface area contributed by atoms with Crippen LogP contribution in [0.5, 0.6) is 11.5 Å². The third kappa shape index (κ3) is 4.47. The van der Waals surface area contributed by atoms with Gasteiger partial charge in [-0.2, -0.15) is 0 Å². The van der Waals surface area contributed by atoms with Crippen LogP contribution in [0.2, 0.25) is 5.02 Å². The van der Waals surface area contributed by atoms with Crippen LogP contribution in [0.4, 0.5) is 0 Å². The summed E-state index contributed by atoms with van der Waals surface area (Å²) in [5, 5.41) is 11.5. The second-order valence-electron chi connectivity index (χ2n) is 6.08. The van der Waals surface area contributed by atoms with Crippen LogP contribution >= 0.6 is 22.9 Å². The van der Waals surface area contributed by atoms with E-state index in [1.807, 2.05) is 0 Å². The molecule has 1 aliphatic heterocycles. The third-order valence-corrected chi connectivity index (χ3v) is 5.47. The summed E-state index contributed by atoms with van der Waals surface area (Å²) in [7, 11) is 1.55. The molecule has 6 nitrogen and oxygen atoms in total. The number of hydrogen-bond acceptors (Lipinski definition) is 6. The first-order valence-corrected chi connectivity index (χ1v) is 9.76. The molecule has 1 N–H and O–H groups in total. The zero-order valence-electron chi connectivity index (χ0n) is 14.5. The molecular formula is C18H21ClN2O4S. The molecule has 26 heavy (non-hydrogen) atoms. The second kappa shape index (κ2) is 8.70. The summed E-state index contributed by atoms with van der Waals surface area (Å²) in [6.45, 7) is 3.62. The fourth-order valence-corrected chi connectivity index (χ4v) is 3.99. The van der Waals surface area contributed by atoms with Gasteiger partial charge in [-0.05, 0) is 38.1 Å². The van der Waals surface area contributed by atoms with Gasteiger partial charge in [0.1, 0.15) is 11.6 Å². The molecule has 1 fully saturated rings. The molecule has 1 aromatic carbocycles. The summed E-state index contributed by atoms with van der Waals surface area (Å²) < 4.78 is 11.3. The molecule has 0 atom stereocenters. The number of piperidine rings is 1. The van der Waals surface area contributed by atoms with Gasteiger partial charge in [-0.3, -0.25) is 4.90 Å². The predicted octanol–water partition coefficient (Wildman–Crippen LogP) is 4.04. The minimum Gasteiger partial charge on any atom is -0.493 e. The summed E-state index contributed by atoms with van der Waals surface area (Å²) in [6.07, 6.45) is 3.79. The first-order valence-electron chi connectivity index (χ1n) is 8.50. The predicted molar refractivity (Wildman–Crippen MR) is 102 cm³/mol. The molecule has 1 aliphatic rings. The van der Waals surface area contributed by atoms with E-state index in [-0.39, 0.29) is 5.69 Å². The average molecular weight is 397 g/mol. The molecule has 0 aliphatic carbocycles. The lowest BCUT2D eigenvalue weighted by atomic mass is 10.1. The Morgan fingerprint density at radius 2 is 2.12 bits per heavy atom. The monoisotopic (exact) mass is 396 g/mol. The quantitative estimate of drug-likeness (QED) is 0.761. The van der Waals surface area contributed by atoms with E-state index in [0.717, 1.165) is 19.6 Å². The van der Waals surface area contributed by atoms with Crippen LogP contribution in [0.1, 0.15) is 29.8 Å². The molecule has 1 aromatic heterocycles. The van der Waals surface area contributed by atoms with Crippen molar-refractivity contribution < 1.29 is 19.4 Å². The Morgan fingerprint density at radius 1 is 1.35 bits per heavy atom. The molecule has 2 aromatic rings. The second-order valence-corrected chi connectivity index (χ2v) is 7.35. The number of thiazole rings is 1. The molecule has 140 valence electrons. The number of rotatable bonds is 7. The lowest BCUT2D eigenvalue weighted by Gasteiger charge is -2.26. The van der Waals surface area contributed by atoms with Crippen LogP contribution in [0, 0.1) is 0 Å². The fraction of sp³-hybridized carbons (Fsp3) is 0.444. The smallest absolute Gasteiger partial charge is 0.355 e. The van der Waals surface area contributed by atoms with Gasteiger partial charge in [0.2, 0.25) is 0 Å². The third-order valence-electron chi connectivity index (χ3n) is 4.30. The van der Waals surface area contributed by atoms with Crippen LogP contribution in [-0.4, -0.2) is 54.3 Å². The van der Waals surface area contributed by atoms with Gasteiger partial charge in [0.15, 0.2) is 17.2 Å². The maximum absolute atomic E-state index is 11.0. The molecule has 0 spiro atoms. The number of aromatic nitrogens is 1. The molecule has 0 bridgehead atoms. The highest BCUT2D eigenvalue weighted by molar-refractivity contribution is 7.13. The maximum Gasteiger partial charge on any atom is 0.355 e. The van der Waals surface area contributed by atoms with Gasteiger partial charge in [-0.1, -0.05) is 18.0 Å². The van der Waals surface area contributed by atoms with E-state index in [0.29, 0.717) is 33.7 Å². The summed E-state index contributed by atoms with van der Waals surface area (Å²) in [5.41, 5.74) is 0.717. The number of carboxylic acid groups (broad SMARTS) is 1. The minimum atomic E-state index is -1.05. The maximum atomic E-state index is 11.0. The Morgan fingerprint density at radius 3 is 2.77 bits per heavy atom. The van der Waals surface area contributed by atoms with Gasteiger partial charge in [-0.15, -0.1) is 11.3 Å². The van der Waals surface area contributed by atoms with E-state index in [1.54, 1.807) is 19.2 Å². The van der Waals surface area contributed by atoms with Crippen LogP contribution in [-0.2, 0) is 0 Å². The lowest BCUT2D eigenvalue weighted by molar-refractivity contribution is 0.0691. The van der Waals surface area contributed by atoms with Crippen LogP contribution in [0.15, 0.2) is 17.5 Å². The van der Waals surface area contributed by atoms with E-state index >= 15 is 0 Å². The molecule has 1 saturated heterocycles. The van der Waals surface area contributed by atoms with Crippen molar-refractivity contribution in [1.29, 1.82) is 0 Å². The molecule has 0 radical (unpaired) electrons. The molecule has 0 saturated carbocycles. The van der Waals surface area contributed by atoms with Crippen LogP contribution in [0.25, 0.3) is 10.6 Å². The highest BCUT2D eigenvalue weighted by atomic mass is 35.5. The number of nitrogens with zero attached hydrogens (tertiary/aromatic N) is 2. The van der Waals surface area contributed by atoms with E-state index in [9.17, 15) is 4.79 Å². The molecule has 2 heterocycles. The SMILES string of the molecule is COc1cc(-c2nc(C(=O)O)cs2)cc(Cl)c1OCCN1CCCCC1. The number of methoxy groups -OCH3 is 1. The zero-order valence-corrected chi connectivity index (χ0v) is 16.1. The number of hydrogen-bond donors (Lipinski definition) is 1. The number of aromatic carboxylic acids is 1. The largest absolute Gasteiger partial charge is 0.493 e. The van der Waals surface area contributed by atoms with Crippen molar-refractivity contribution in [2.75, 3.05) is 33.4 Å². The van der Waals surface area contributed by atoms with Crippen molar-refractivity contribution in [3.05, 3.63) is 28.2 Å². The van der Waals surface area contributed by atoms with Crippen LogP contribution < -0.4 is 9.47 Å². The first kappa shape index (κ1) is 18.9. The lowest BCUT2D eigenvalue weighted by Crippen LogP contribution is -2.33. The van der Waals surface area contributed by atoms with E-state index in [1.165, 1.54) is 36.0 Å². The Hall–Kier alpha value is -1.83. The van der Waals surface area contributed by atoms with Crippen molar-refractivity contribution in [3.63, 3.8) is 0 Å². The molecule has 8 heteroatoms. The molecule has 0 amide bonds. The van der Waals surface area contributed by atoms with Gasteiger partial charge in [-0.25, -0.2) is 9.78 Å². The zero-order chi connectivity index (χ0) is 18.5. The van der Waals surface area contributed by atoms with Gasteiger partial charge < -0.3 is 14.6 Å². The Balaban J connectivity index is 1.72. The summed E-state index contributed by atoms with van der Waals surface area (Å²) in [5.74, 6) is -0.0358. The Labute approximate surface area is 161 Å². The standard InChI is InChI=1S/C18H21ClN2O4S/c1-24-15-10-12(17-20-14(11-26-17)18(22)23)9-13(19)16(15)25-8-7-21-5-3-2-4-6-21/h9-11H,2-8H2,1H3,(H,22,23). The summed E-state index contributed by atoms with van der Waals surface area (Å²) in [6, 6.07) is 3.50.